The number of aliphatic hydroxyl groups is 1. The van der Waals surface area contributed by atoms with Gasteiger partial charge in [-0.1, -0.05) is 0 Å². The van der Waals surface area contributed by atoms with Gasteiger partial charge in [-0.2, -0.15) is 0 Å². The van der Waals surface area contributed by atoms with Gasteiger partial charge in [-0.15, -0.1) is 0 Å². The van der Waals surface area contributed by atoms with E-state index in [1.165, 1.54) is 4.90 Å². The zero-order chi connectivity index (χ0) is 22.5. The number of nitrogens with one attached hydrogen (secondary N) is 1. The second-order valence-electron chi connectivity index (χ2n) is 5.67. The third-order valence-electron chi connectivity index (χ3n) is 3.25. The summed E-state index contributed by atoms with van der Waals surface area (Å²) in [5.74, 6) is 0. The van der Waals surface area contributed by atoms with E-state index in [1.54, 1.807) is 7.05 Å². The predicted octanol–water partition coefficient (Wildman–Crippen LogP) is -1.02. The standard InChI is InChI=1S/C18H38N2O8.CH4O/c1-19-17-28-16-15-27-14-13-26-12-11-25-10-9-24-8-7-23-6-5-22-4-3-20(2)18-21;1-2/h18-19H,3-17H2,1-2H3;2H,1H3. The second kappa shape index (κ2) is 30.3. The van der Waals surface area contributed by atoms with Crippen LogP contribution in [0.25, 0.3) is 0 Å². The Balaban J connectivity index is 0. The fraction of sp³-hybridized carbons (Fsp3) is 0.947. The fourth-order valence-corrected chi connectivity index (χ4v) is 1.75. The number of hydrogen-bond donors (Lipinski definition) is 2. The van der Waals surface area contributed by atoms with E-state index in [1.807, 2.05) is 7.05 Å². The molecule has 182 valence electrons. The number of carbonyl (C=O) groups is 1. The lowest BCUT2D eigenvalue weighted by Gasteiger charge is -2.10. The summed E-state index contributed by atoms with van der Waals surface area (Å²) in [7, 11) is 4.54. The predicted molar refractivity (Wildman–Crippen MR) is 112 cm³/mol. The maximum absolute atomic E-state index is 10.4. The highest BCUT2D eigenvalue weighted by Crippen LogP contribution is 1.85. The van der Waals surface area contributed by atoms with E-state index in [9.17, 15) is 4.79 Å². The van der Waals surface area contributed by atoms with Crippen LogP contribution in [-0.4, -0.2) is 137 Å². The Morgan fingerprint density at radius 3 is 1.23 bits per heavy atom. The highest BCUT2D eigenvalue weighted by molar-refractivity contribution is 5.46. The Hall–Kier alpha value is -0.890. The van der Waals surface area contributed by atoms with Gasteiger partial charge in [0.2, 0.25) is 6.41 Å². The van der Waals surface area contributed by atoms with Gasteiger partial charge in [-0.3, -0.25) is 10.1 Å². The van der Waals surface area contributed by atoms with Crippen LogP contribution in [0.4, 0.5) is 0 Å². The zero-order valence-corrected chi connectivity index (χ0v) is 18.8. The molecule has 0 aromatic heterocycles. The van der Waals surface area contributed by atoms with Crippen molar-refractivity contribution in [1.29, 1.82) is 0 Å². The average molecular weight is 443 g/mol. The first-order valence-electron chi connectivity index (χ1n) is 10.1. The van der Waals surface area contributed by atoms with Gasteiger partial charge in [-0.05, 0) is 7.05 Å². The molecule has 11 heteroatoms. The maximum Gasteiger partial charge on any atom is 0.209 e. The number of hydrogen-bond acceptors (Lipinski definition) is 10. The minimum Gasteiger partial charge on any atom is -0.400 e. The first-order valence-corrected chi connectivity index (χ1v) is 10.1. The number of amides is 1. The highest BCUT2D eigenvalue weighted by atomic mass is 16.6. The van der Waals surface area contributed by atoms with Crippen molar-refractivity contribution in [3.63, 3.8) is 0 Å². The molecule has 0 aliphatic carbocycles. The molecular formula is C19H42N2O9. The number of likely N-dealkylation sites (N-methyl/N-ethyl adjacent to an activating group) is 1. The molecule has 0 radical (unpaired) electrons. The Morgan fingerprint density at radius 2 is 0.933 bits per heavy atom. The summed E-state index contributed by atoms with van der Waals surface area (Å²) in [5, 5.41) is 9.89. The van der Waals surface area contributed by atoms with Crippen LogP contribution in [0, 0.1) is 0 Å². The van der Waals surface area contributed by atoms with Crippen molar-refractivity contribution in [2.75, 3.05) is 120 Å². The topological polar surface area (TPSA) is 117 Å². The van der Waals surface area contributed by atoms with Crippen LogP contribution in [-0.2, 0) is 38.0 Å². The molecule has 0 aromatic carbocycles. The zero-order valence-electron chi connectivity index (χ0n) is 18.8. The van der Waals surface area contributed by atoms with E-state index in [2.05, 4.69) is 5.32 Å². The summed E-state index contributed by atoms with van der Waals surface area (Å²) >= 11 is 0. The molecule has 0 unspecified atom stereocenters. The molecule has 0 fully saturated rings. The molecule has 0 rings (SSSR count). The SMILES string of the molecule is CNCOCCOCCOCCOCCOCCOCCOCCN(C)C=O.CO. The lowest BCUT2D eigenvalue weighted by atomic mass is 10.6. The van der Waals surface area contributed by atoms with Crippen molar-refractivity contribution in [1.82, 2.24) is 10.2 Å². The number of nitrogens with zero attached hydrogens (tertiary/aromatic N) is 1. The van der Waals surface area contributed by atoms with Crippen LogP contribution >= 0.6 is 0 Å². The minimum atomic E-state index is 0.505. The van der Waals surface area contributed by atoms with E-state index in [4.69, 9.17) is 38.3 Å². The van der Waals surface area contributed by atoms with Gasteiger partial charge < -0.3 is 43.2 Å². The Kier molecular flexibility index (Phi) is 31.6. The van der Waals surface area contributed by atoms with Crippen LogP contribution in [0.2, 0.25) is 0 Å². The highest BCUT2D eigenvalue weighted by Gasteiger charge is 1.95. The maximum atomic E-state index is 10.4. The van der Waals surface area contributed by atoms with Crippen LogP contribution in [0.5, 0.6) is 0 Å². The second-order valence-corrected chi connectivity index (χ2v) is 5.67. The molecule has 0 saturated heterocycles. The molecule has 11 nitrogen and oxygen atoms in total. The van der Waals surface area contributed by atoms with Gasteiger partial charge in [0.1, 0.15) is 0 Å². The molecular weight excluding hydrogens is 400 g/mol. The average Bonchev–Trinajstić information content (AvgIpc) is 2.78. The number of rotatable bonds is 24. The lowest BCUT2D eigenvalue weighted by Crippen LogP contribution is -2.22. The van der Waals surface area contributed by atoms with Gasteiger partial charge in [0.15, 0.2) is 0 Å². The summed E-state index contributed by atoms with van der Waals surface area (Å²) < 4.78 is 37.4. The normalized spacial score (nSPS) is 10.5. The smallest absolute Gasteiger partial charge is 0.209 e. The van der Waals surface area contributed by atoms with Crippen LogP contribution in [0.15, 0.2) is 0 Å². The van der Waals surface area contributed by atoms with Crippen molar-refractivity contribution in [2.45, 2.75) is 0 Å². The van der Waals surface area contributed by atoms with Crippen LogP contribution < -0.4 is 5.32 Å². The molecule has 30 heavy (non-hydrogen) atoms. The van der Waals surface area contributed by atoms with Gasteiger partial charge in [0.05, 0.1) is 92.6 Å². The first-order chi connectivity index (χ1) is 14.8. The van der Waals surface area contributed by atoms with Crippen molar-refractivity contribution in [3.8, 4) is 0 Å². The molecule has 0 bridgehead atoms. The Labute approximate surface area is 180 Å². The summed E-state index contributed by atoms with van der Waals surface area (Å²) in [6.07, 6.45) is 0.773. The number of carbonyl (C=O) groups excluding carboxylic acids is 1. The van der Waals surface area contributed by atoms with Gasteiger partial charge >= 0.3 is 0 Å². The van der Waals surface area contributed by atoms with Gasteiger partial charge in [0.25, 0.3) is 0 Å². The number of ether oxygens (including phenoxy) is 7. The quantitative estimate of drug-likeness (QED) is 0.109. The fourth-order valence-electron chi connectivity index (χ4n) is 1.75. The van der Waals surface area contributed by atoms with E-state index in [0.29, 0.717) is 99.2 Å². The Bertz CT molecular complexity index is 316. The van der Waals surface area contributed by atoms with E-state index < -0.39 is 0 Å². The molecule has 0 aliphatic heterocycles. The molecule has 0 aliphatic rings. The monoisotopic (exact) mass is 442 g/mol. The van der Waals surface area contributed by atoms with Gasteiger partial charge in [0, 0.05) is 20.7 Å². The molecule has 0 aromatic rings. The van der Waals surface area contributed by atoms with Crippen LogP contribution in [0.1, 0.15) is 0 Å². The molecule has 0 saturated carbocycles. The first kappa shape index (κ1) is 31.3. The molecule has 0 spiro atoms. The number of aliphatic hydroxyl groups excluding tert-OH is 1. The van der Waals surface area contributed by atoms with Crippen molar-refractivity contribution in [2.24, 2.45) is 0 Å². The molecule has 0 heterocycles. The summed E-state index contributed by atoms with van der Waals surface area (Å²) in [4.78, 5) is 11.9. The lowest BCUT2D eigenvalue weighted by molar-refractivity contribution is -0.117. The third-order valence-corrected chi connectivity index (χ3v) is 3.25. The van der Waals surface area contributed by atoms with E-state index >= 15 is 0 Å². The van der Waals surface area contributed by atoms with Crippen molar-refractivity contribution in [3.05, 3.63) is 0 Å². The third kappa shape index (κ3) is 29.3. The molecule has 1 amide bonds. The van der Waals surface area contributed by atoms with E-state index in [0.717, 1.165) is 13.5 Å². The molecule has 0 atom stereocenters. The van der Waals surface area contributed by atoms with E-state index in [-0.39, 0.29) is 0 Å². The van der Waals surface area contributed by atoms with Crippen molar-refractivity contribution >= 4 is 6.41 Å². The van der Waals surface area contributed by atoms with Crippen molar-refractivity contribution < 1.29 is 43.1 Å². The summed E-state index contributed by atoms with van der Waals surface area (Å²) in [6, 6.07) is 0. The van der Waals surface area contributed by atoms with Gasteiger partial charge in [-0.25, -0.2) is 0 Å². The minimum absolute atomic E-state index is 0.505. The summed E-state index contributed by atoms with van der Waals surface area (Å²) in [5.41, 5.74) is 0. The van der Waals surface area contributed by atoms with Crippen LogP contribution in [0.3, 0.4) is 0 Å². The molecule has 2 N–H and O–H groups in total. The largest absolute Gasteiger partial charge is 0.400 e. The summed E-state index contributed by atoms with van der Waals surface area (Å²) in [6.45, 7) is 8.00. The Morgan fingerprint density at radius 1 is 0.633 bits per heavy atom.